The Morgan fingerprint density at radius 2 is 1.95 bits per heavy atom. The molecule has 2 rings (SSSR count). The van der Waals surface area contributed by atoms with Crippen molar-refractivity contribution in [3.05, 3.63) is 28.8 Å². The molecule has 0 unspecified atom stereocenters. The maximum atomic E-state index is 7.70. The Morgan fingerprint density at radius 3 is 2.50 bits per heavy atom. The number of nitrogens with two attached hydrogens (primary N) is 1. The van der Waals surface area contributed by atoms with Crippen LogP contribution in [0.25, 0.3) is 0 Å². The highest BCUT2D eigenvalue weighted by atomic mass is 35.5. The van der Waals surface area contributed by atoms with Crippen LogP contribution in [0.15, 0.2) is 18.2 Å². The molecule has 1 heterocycles. The Kier molecular flexibility index (Phi) is 4.89. The van der Waals surface area contributed by atoms with Gasteiger partial charge < -0.3 is 10.6 Å². The van der Waals surface area contributed by atoms with Crippen LogP contribution in [0.3, 0.4) is 0 Å². The summed E-state index contributed by atoms with van der Waals surface area (Å²) in [5.74, 6) is 0.793. The normalized spacial score (nSPS) is 16.7. The molecule has 4 nitrogen and oxygen atoms in total. The molecule has 1 saturated heterocycles. The van der Waals surface area contributed by atoms with Gasteiger partial charge in [0, 0.05) is 49.0 Å². The van der Waals surface area contributed by atoms with Gasteiger partial charge in [-0.25, -0.2) is 0 Å². The summed E-state index contributed by atoms with van der Waals surface area (Å²) in [7, 11) is 0. The van der Waals surface area contributed by atoms with Crippen molar-refractivity contribution in [1.29, 1.82) is 5.41 Å². The van der Waals surface area contributed by atoms with Crippen molar-refractivity contribution in [2.24, 2.45) is 11.7 Å². The third-order valence-electron chi connectivity index (χ3n) is 3.59. The first-order valence-electron chi connectivity index (χ1n) is 7.08. The molecule has 0 aromatic heterocycles. The zero-order valence-electron chi connectivity index (χ0n) is 12.2. The molecule has 0 amide bonds. The summed E-state index contributed by atoms with van der Waals surface area (Å²) in [6.45, 7) is 9.63. The first kappa shape index (κ1) is 15.1. The van der Waals surface area contributed by atoms with Crippen LogP contribution in [0.5, 0.6) is 0 Å². The minimum absolute atomic E-state index is 0.0984. The Morgan fingerprint density at radius 1 is 1.30 bits per heavy atom. The highest BCUT2D eigenvalue weighted by molar-refractivity contribution is 6.31. The van der Waals surface area contributed by atoms with Crippen molar-refractivity contribution in [1.82, 2.24) is 4.90 Å². The average Bonchev–Trinajstić information content (AvgIpc) is 2.38. The zero-order valence-corrected chi connectivity index (χ0v) is 13.0. The summed E-state index contributed by atoms with van der Waals surface area (Å²) >= 11 is 6.09. The fraction of sp³-hybridized carbons (Fsp3) is 0.533. The number of benzene rings is 1. The molecular formula is C15H23ClN4. The third kappa shape index (κ3) is 3.64. The number of hydrogen-bond donors (Lipinski definition) is 2. The number of piperazine rings is 1. The lowest BCUT2D eigenvalue weighted by Crippen LogP contribution is -2.47. The van der Waals surface area contributed by atoms with Crippen LogP contribution in [0.1, 0.15) is 19.4 Å². The Balaban J connectivity index is 2.10. The number of amidine groups is 1. The third-order valence-corrected chi connectivity index (χ3v) is 3.82. The molecule has 3 N–H and O–H groups in total. The van der Waals surface area contributed by atoms with Crippen molar-refractivity contribution in [3.63, 3.8) is 0 Å². The van der Waals surface area contributed by atoms with Crippen molar-refractivity contribution < 1.29 is 0 Å². The predicted molar refractivity (Wildman–Crippen MR) is 86.0 cm³/mol. The van der Waals surface area contributed by atoms with Crippen molar-refractivity contribution >= 4 is 23.1 Å². The summed E-state index contributed by atoms with van der Waals surface area (Å²) in [4.78, 5) is 4.76. The lowest BCUT2D eigenvalue weighted by molar-refractivity contribution is 0.231. The van der Waals surface area contributed by atoms with E-state index in [9.17, 15) is 0 Å². The minimum atomic E-state index is 0.0984. The van der Waals surface area contributed by atoms with E-state index in [0.29, 0.717) is 10.9 Å². The first-order chi connectivity index (χ1) is 9.47. The largest absolute Gasteiger partial charge is 0.384 e. The molecule has 1 fully saturated rings. The van der Waals surface area contributed by atoms with Crippen LogP contribution in [0.4, 0.5) is 5.69 Å². The van der Waals surface area contributed by atoms with E-state index < -0.39 is 0 Å². The molecule has 5 heteroatoms. The minimum Gasteiger partial charge on any atom is -0.384 e. The number of nitrogens with zero attached hydrogens (tertiary/aromatic N) is 2. The van der Waals surface area contributed by atoms with Crippen molar-refractivity contribution in [3.8, 4) is 0 Å². The van der Waals surface area contributed by atoms with E-state index in [-0.39, 0.29) is 5.84 Å². The Bertz CT molecular complexity index is 479. The molecule has 1 aromatic carbocycles. The van der Waals surface area contributed by atoms with Gasteiger partial charge in [0.1, 0.15) is 5.84 Å². The molecule has 1 aliphatic rings. The molecule has 20 heavy (non-hydrogen) atoms. The number of nitrogens with one attached hydrogen (secondary N) is 1. The lowest BCUT2D eigenvalue weighted by atomic mass is 10.1. The van der Waals surface area contributed by atoms with Gasteiger partial charge in [-0.05, 0) is 24.1 Å². The fourth-order valence-electron chi connectivity index (χ4n) is 2.68. The number of hydrogen-bond acceptors (Lipinski definition) is 3. The molecule has 0 aliphatic carbocycles. The second-order valence-electron chi connectivity index (χ2n) is 5.76. The van der Waals surface area contributed by atoms with E-state index in [1.54, 1.807) is 6.07 Å². The highest BCUT2D eigenvalue weighted by Crippen LogP contribution is 2.25. The van der Waals surface area contributed by atoms with E-state index in [1.807, 2.05) is 12.1 Å². The van der Waals surface area contributed by atoms with Gasteiger partial charge >= 0.3 is 0 Å². The van der Waals surface area contributed by atoms with E-state index in [2.05, 4.69) is 23.6 Å². The van der Waals surface area contributed by atoms with Gasteiger partial charge in [-0.3, -0.25) is 10.3 Å². The van der Waals surface area contributed by atoms with E-state index in [4.69, 9.17) is 22.7 Å². The summed E-state index contributed by atoms with van der Waals surface area (Å²) in [5, 5.41) is 8.38. The predicted octanol–water partition coefficient (Wildman–Crippen LogP) is 2.40. The summed E-state index contributed by atoms with van der Waals surface area (Å²) < 4.78 is 0. The molecule has 1 aliphatic heterocycles. The van der Waals surface area contributed by atoms with E-state index >= 15 is 0 Å². The van der Waals surface area contributed by atoms with Crippen LogP contribution in [-0.4, -0.2) is 43.5 Å². The Hall–Kier alpha value is -1.26. The van der Waals surface area contributed by atoms with Gasteiger partial charge in [-0.1, -0.05) is 25.4 Å². The maximum absolute atomic E-state index is 7.70. The molecule has 0 bridgehead atoms. The van der Waals surface area contributed by atoms with Gasteiger partial charge in [-0.15, -0.1) is 0 Å². The monoisotopic (exact) mass is 294 g/mol. The number of halogens is 1. The topological polar surface area (TPSA) is 56.4 Å². The number of nitrogen functional groups attached to an aromatic ring is 1. The van der Waals surface area contributed by atoms with Crippen molar-refractivity contribution in [2.45, 2.75) is 13.8 Å². The van der Waals surface area contributed by atoms with Crippen LogP contribution < -0.4 is 10.6 Å². The first-order valence-corrected chi connectivity index (χ1v) is 7.46. The molecule has 0 atom stereocenters. The quantitative estimate of drug-likeness (QED) is 0.662. The van der Waals surface area contributed by atoms with Crippen LogP contribution in [0.2, 0.25) is 5.02 Å². The molecule has 0 saturated carbocycles. The van der Waals surface area contributed by atoms with Crippen LogP contribution in [0, 0.1) is 11.3 Å². The number of anilines is 1. The molecular weight excluding hydrogens is 272 g/mol. The average molecular weight is 295 g/mol. The Labute approximate surface area is 126 Å². The van der Waals surface area contributed by atoms with Gasteiger partial charge in [0.25, 0.3) is 0 Å². The van der Waals surface area contributed by atoms with Crippen LogP contribution >= 0.6 is 11.6 Å². The molecule has 110 valence electrons. The SMILES string of the molecule is CC(C)CN1CCN(c2cc(Cl)ccc2C(=N)N)CC1. The second-order valence-corrected chi connectivity index (χ2v) is 6.19. The molecule has 1 aromatic rings. The van der Waals surface area contributed by atoms with Crippen LogP contribution in [-0.2, 0) is 0 Å². The van der Waals surface area contributed by atoms with Gasteiger partial charge in [0.15, 0.2) is 0 Å². The van der Waals surface area contributed by atoms with E-state index in [0.717, 1.165) is 44.0 Å². The van der Waals surface area contributed by atoms with Gasteiger partial charge in [0.2, 0.25) is 0 Å². The summed E-state index contributed by atoms with van der Waals surface area (Å²) in [5.41, 5.74) is 7.42. The van der Waals surface area contributed by atoms with E-state index in [1.165, 1.54) is 0 Å². The van der Waals surface area contributed by atoms with Gasteiger partial charge in [0.05, 0.1) is 0 Å². The smallest absolute Gasteiger partial charge is 0.124 e. The van der Waals surface area contributed by atoms with Gasteiger partial charge in [-0.2, -0.15) is 0 Å². The number of rotatable bonds is 4. The molecule has 0 radical (unpaired) electrons. The lowest BCUT2D eigenvalue weighted by Gasteiger charge is -2.37. The molecule has 0 spiro atoms. The van der Waals surface area contributed by atoms with Crippen molar-refractivity contribution in [2.75, 3.05) is 37.6 Å². The fourth-order valence-corrected chi connectivity index (χ4v) is 2.85. The summed E-state index contributed by atoms with van der Waals surface area (Å²) in [6, 6.07) is 5.54. The zero-order chi connectivity index (χ0) is 14.7. The standard InChI is InChI=1S/C15H23ClN4/c1-11(2)10-19-5-7-20(8-6-19)14-9-12(16)3-4-13(14)15(17)18/h3-4,9,11H,5-8,10H2,1-2H3,(H3,17,18). The maximum Gasteiger partial charge on any atom is 0.124 e. The second kappa shape index (κ2) is 6.46. The summed E-state index contributed by atoms with van der Waals surface area (Å²) in [6.07, 6.45) is 0. The highest BCUT2D eigenvalue weighted by Gasteiger charge is 2.20.